The smallest absolute Gasteiger partial charge is 1.00 e. The Morgan fingerprint density at radius 1 is 0.800 bits per heavy atom. The number of halogens is 2. The first-order valence-corrected chi connectivity index (χ1v) is 8.19. The summed E-state index contributed by atoms with van der Waals surface area (Å²) < 4.78 is 2.52. The maximum atomic E-state index is 2.52. The van der Waals surface area contributed by atoms with E-state index < -0.39 is 0 Å². The van der Waals surface area contributed by atoms with Gasteiger partial charge in [-0.05, 0) is 37.3 Å². The topological polar surface area (TPSA) is 4.93 Å². The summed E-state index contributed by atoms with van der Waals surface area (Å²) >= 11 is 0. The quantitative estimate of drug-likeness (QED) is 0.344. The summed E-state index contributed by atoms with van der Waals surface area (Å²) in [5, 5.41) is 4.14. The van der Waals surface area contributed by atoms with Gasteiger partial charge in [-0.2, -0.15) is 12.1 Å². The summed E-state index contributed by atoms with van der Waals surface area (Å²) in [6, 6.07) is 22.2. The second kappa shape index (κ2) is 8.17. The van der Waals surface area contributed by atoms with E-state index in [4.69, 9.17) is 0 Å². The first-order chi connectivity index (χ1) is 10.9. The monoisotopic (exact) mass is 444 g/mol. The Morgan fingerprint density at radius 3 is 2.48 bits per heavy atom. The largest absolute Gasteiger partial charge is 3.00 e. The van der Waals surface area contributed by atoms with Gasteiger partial charge >= 0.3 is 26.2 Å². The Labute approximate surface area is 179 Å². The molecule has 1 aliphatic rings. The molecule has 125 valence electrons. The zero-order chi connectivity index (χ0) is 14.5. The number of nitrogens with zero attached hydrogens (tertiary/aromatic N) is 1. The number of hydrogen-bond donors (Lipinski definition) is 0. The molecule has 0 saturated heterocycles. The number of aryl methyl sites for hydroxylation is 1. The van der Waals surface area contributed by atoms with Crippen LogP contribution in [0.25, 0.3) is 27.4 Å². The predicted molar refractivity (Wildman–Crippen MR) is 93.0 cm³/mol. The fourth-order valence-corrected chi connectivity index (χ4v) is 4.11. The van der Waals surface area contributed by atoms with Gasteiger partial charge < -0.3 is 29.4 Å². The maximum Gasteiger partial charge on any atom is 3.00 e. The molecule has 25 heavy (non-hydrogen) atoms. The normalized spacial score (nSPS) is 12.8. The minimum absolute atomic E-state index is 0. The second-order valence-corrected chi connectivity index (χ2v) is 6.29. The van der Waals surface area contributed by atoms with Gasteiger partial charge in [-0.3, -0.25) is 0 Å². The van der Waals surface area contributed by atoms with Gasteiger partial charge in [-0.15, -0.1) is 29.0 Å². The molecule has 0 aliphatic heterocycles. The average molecular weight is 447 g/mol. The molecule has 0 spiro atoms. The van der Waals surface area contributed by atoms with Crippen LogP contribution in [0.2, 0.25) is 0 Å². The zero-order valence-corrected chi connectivity index (χ0v) is 17.8. The van der Waals surface area contributed by atoms with E-state index in [9.17, 15) is 0 Å². The van der Waals surface area contributed by atoms with Gasteiger partial charge in [0.2, 0.25) is 0 Å². The number of para-hydroxylation sites is 1. The number of benzene rings is 2. The van der Waals surface area contributed by atoms with Crippen LogP contribution >= 0.6 is 0 Å². The fourth-order valence-electron chi connectivity index (χ4n) is 4.11. The zero-order valence-electron chi connectivity index (χ0n) is 13.8. The molecule has 3 aromatic carbocycles. The Bertz CT molecular complexity index is 1000. The number of rotatable bonds is 1. The molecule has 4 heteroatoms. The molecule has 1 aliphatic carbocycles. The van der Waals surface area contributed by atoms with Crippen LogP contribution in [0.1, 0.15) is 24.1 Å². The molecule has 0 saturated carbocycles. The molecule has 1 heterocycles. The van der Waals surface area contributed by atoms with Crippen molar-refractivity contribution < 1.29 is 51.0 Å². The van der Waals surface area contributed by atoms with Crippen LogP contribution in [0, 0.1) is 0 Å². The number of aromatic nitrogens is 1. The fraction of sp³-hybridized carbons (Fsp3) is 0.190. The van der Waals surface area contributed by atoms with E-state index in [1.165, 1.54) is 58.7 Å². The average Bonchev–Trinajstić information content (AvgIpc) is 3.17. The summed E-state index contributed by atoms with van der Waals surface area (Å²) in [5.41, 5.74) is 5.80. The van der Waals surface area contributed by atoms with Crippen molar-refractivity contribution in [2.45, 2.75) is 25.7 Å². The van der Waals surface area contributed by atoms with E-state index in [-0.39, 0.29) is 51.0 Å². The van der Waals surface area contributed by atoms with E-state index in [0.29, 0.717) is 0 Å². The van der Waals surface area contributed by atoms with E-state index >= 15 is 0 Å². The molecule has 1 radical (unpaired) electrons. The van der Waals surface area contributed by atoms with Crippen LogP contribution in [0.15, 0.2) is 60.7 Å². The van der Waals surface area contributed by atoms with Crippen molar-refractivity contribution in [1.29, 1.82) is 0 Å². The summed E-state index contributed by atoms with van der Waals surface area (Å²) in [6.07, 6.45) is 5.04. The molecule has 0 unspecified atom stereocenters. The molecule has 0 N–H and O–H groups in total. The maximum absolute atomic E-state index is 2.52. The molecular weight excluding hydrogens is 428 g/mol. The summed E-state index contributed by atoms with van der Waals surface area (Å²) in [5.74, 6) is 0. The van der Waals surface area contributed by atoms with Crippen molar-refractivity contribution in [3.05, 3.63) is 71.9 Å². The van der Waals surface area contributed by atoms with Crippen LogP contribution < -0.4 is 24.8 Å². The van der Waals surface area contributed by atoms with Gasteiger partial charge in [0.15, 0.2) is 0 Å². The minimum atomic E-state index is 0. The Hall–Kier alpha value is -0.947. The molecule has 0 atom stereocenters. The SMILES string of the molecule is [Cl-].[Cl-].[Zr+3].c1cc(-n2c3c(c4ccccc42)CCCC3)c2cc[cH-]c2c1. The second-order valence-electron chi connectivity index (χ2n) is 6.29. The third-order valence-corrected chi connectivity index (χ3v) is 5.08. The van der Waals surface area contributed by atoms with Gasteiger partial charge in [-0.1, -0.05) is 24.3 Å². The van der Waals surface area contributed by atoms with Crippen LogP contribution in [-0.4, -0.2) is 4.57 Å². The Kier molecular flexibility index (Phi) is 6.65. The van der Waals surface area contributed by atoms with Crippen molar-refractivity contribution in [2.75, 3.05) is 0 Å². The van der Waals surface area contributed by atoms with Crippen LogP contribution in [0.4, 0.5) is 0 Å². The molecule has 0 amide bonds. The minimum Gasteiger partial charge on any atom is -1.00 e. The summed E-state index contributed by atoms with van der Waals surface area (Å²) in [7, 11) is 0. The summed E-state index contributed by atoms with van der Waals surface area (Å²) in [4.78, 5) is 0. The van der Waals surface area contributed by atoms with E-state index in [1.807, 2.05) is 0 Å². The number of hydrogen-bond acceptors (Lipinski definition) is 0. The predicted octanol–water partition coefficient (Wildman–Crippen LogP) is -0.613. The van der Waals surface area contributed by atoms with E-state index in [0.717, 1.165) is 0 Å². The van der Waals surface area contributed by atoms with Gasteiger partial charge in [-0.25, -0.2) is 0 Å². The van der Waals surface area contributed by atoms with Crippen LogP contribution in [0.5, 0.6) is 0 Å². The van der Waals surface area contributed by atoms with Crippen molar-refractivity contribution in [1.82, 2.24) is 4.57 Å². The third kappa shape index (κ3) is 3.14. The van der Waals surface area contributed by atoms with Crippen LogP contribution in [0.3, 0.4) is 0 Å². The first kappa shape index (κ1) is 20.4. The van der Waals surface area contributed by atoms with Gasteiger partial charge in [0, 0.05) is 16.8 Å². The molecule has 0 bridgehead atoms. The van der Waals surface area contributed by atoms with Crippen molar-refractivity contribution >= 4 is 21.7 Å². The molecule has 1 aromatic heterocycles. The third-order valence-electron chi connectivity index (χ3n) is 5.08. The van der Waals surface area contributed by atoms with Gasteiger partial charge in [0.25, 0.3) is 0 Å². The molecule has 1 nitrogen and oxygen atoms in total. The standard InChI is InChI=1S/C21H18N.2ClH.Zr/c1-3-12-20-17(9-1)18-10-2-4-13-21(18)22(20)19-14-6-8-15-7-5-11-16(15)19;;;/h1,3,5-9,11-12,14H,2,4,10,13H2;2*1H;/q-1;;;+3/p-2. The number of fused-ring (bicyclic) bond motifs is 4. The summed E-state index contributed by atoms with van der Waals surface area (Å²) in [6.45, 7) is 0. The van der Waals surface area contributed by atoms with Crippen LogP contribution in [-0.2, 0) is 39.0 Å². The molecule has 0 fully saturated rings. The van der Waals surface area contributed by atoms with Crippen molar-refractivity contribution in [2.24, 2.45) is 0 Å². The molecular formula is C21H18Cl2NZr. The first-order valence-electron chi connectivity index (χ1n) is 8.19. The van der Waals surface area contributed by atoms with E-state index in [2.05, 4.69) is 65.2 Å². The van der Waals surface area contributed by atoms with Crippen molar-refractivity contribution in [3.63, 3.8) is 0 Å². The van der Waals surface area contributed by atoms with Gasteiger partial charge in [0.1, 0.15) is 0 Å². The molecule has 4 aromatic rings. The van der Waals surface area contributed by atoms with Crippen molar-refractivity contribution in [3.8, 4) is 5.69 Å². The van der Waals surface area contributed by atoms with Gasteiger partial charge in [0.05, 0.1) is 5.52 Å². The van der Waals surface area contributed by atoms with E-state index in [1.54, 1.807) is 5.56 Å². The Morgan fingerprint density at radius 2 is 1.60 bits per heavy atom. The molecule has 5 rings (SSSR count). The Balaban J connectivity index is 0.000000751.